The Bertz CT molecular complexity index is 1900. The second kappa shape index (κ2) is 12.8. The number of rotatable bonds is 7. The number of aromatic nitrogens is 7. The third kappa shape index (κ3) is 6.25. The Morgan fingerprint density at radius 3 is 2.50 bits per heavy atom. The molecule has 0 N–H and O–H groups in total. The number of benzene rings is 2. The van der Waals surface area contributed by atoms with Gasteiger partial charge in [-0.25, -0.2) is 33.4 Å². The molecule has 12 nitrogen and oxygen atoms in total. The molecule has 7 rings (SSSR count). The number of nitriles is 1. The van der Waals surface area contributed by atoms with E-state index in [1.54, 1.807) is 29.2 Å². The number of halogens is 2. The van der Waals surface area contributed by atoms with Crippen molar-refractivity contribution in [3.05, 3.63) is 77.8 Å². The molecule has 46 heavy (non-hydrogen) atoms. The molecule has 5 aromatic rings. The molecule has 3 aromatic heterocycles. The Labute approximate surface area is 263 Å². The van der Waals surface area contributed by atoms with Gasteiger partial charge in [0.2, 0.25) is 11.6 Å². The van der Waals surface area contributed by atoms with Crippen molar-refractivity contribution in [1.82, 2.24) is 44.7 Å². The minimum atomic E-state index is -0.593. The van der Waals surface area contributed by atoms with Crippen LogP contribution >= 0.6 is 0 Å². The molecule has 0 saturated carbocycles. The fraction of sp³-hybridized carbons (Fsp3) is 0.344. The minimum Gasteiger partial charge on any atom is -0.373 e. The molecule has 0 aliphatic carbocycles. The van der Waals surface area contributed by atoms with Gasteiger partial charge in [-0.05, 0) is 36.9 Å². The van der Waals surface area contributed by atoms with Crippen LogP contribution in [-0.4, -0.2) is 104 Å². The highest BCUT2D eigenvalue weighted by atomic mass is 19.1. The van der Waals surface area contributed by atoms with Crippen molar-refractivity contribution in [2.45, 2.75) is 19.2 Å². The summed E-state index contributed by atoms with van der Waals surface area (Å²) < 4.78 is 36.5. The number of piperazine rings is 1. The SMILES string of the molecule is CN1CCN(Cc2ccc(-c3cnc(N4CCO[C@@H](Cn5nnc6ncc(-c7ccc(F)c(C#N)c7)nc65)C4)nc3)cc2F)CC1. The predicted molar refractivity (Wildman–Crippen MR) is 165 cm³/mol. The number of likely N-dealkylation sites (N-methyl/N-ethyl adjacent to an activating group) is 1. The van der Waals surface area contributed by atoms with E-state index in [0.29, 0.717) is 66.8 Å². The predicted octanol–water partition coefficient (Wildman–Crippen LogP) is 3.15. The lowest BCUT2D eigenvalue weighted by molar-refractivity contribution is 0.0273. The van der Waals surface area contributed by atoms with Crippen LogP contribution in [0.5, 0.6) is 0 Å². The van der Waals surface area contributed by atoms with Crippen LogP contribution in [0.2, 0.25) is 0 Å². The minimum absolute atomic E-state index is 0.0706. The van der Waals surface area contributed by atoms with Crippen molar-refractivity contribution in [1.29, 1.82) is 5.26 Å². The summed E-state index contributed by atoms with van der Waals surface area (Å²) >= 11 is 0. The lowest BCUT2D eigenvalue weighted by Crippen LogP contribution is -2.45. The second-order valence-corrected chi connectivity index (χ2v) is 11.6. The van der Waals surface area contributed by atoms with Crippen molar-refractivity contribution >= 4 is 17.2 Å². The van der Waals surface area contributed by atoms with E-state index in [9.17, 15) is 9.65 Å². The zero-order valence-corrected chi connectivity index (χ0v) is 25.2. The molecule has 14 heteroatoms. The van der Waals surface area contributed by atoms with E-state index >= 15 is 4.39 Å². The lowest BCUT2D eigenvalue weighted by Gasteiger charge is -2.32. The normalized spacial score (nSPS) is 17.8. The number of fused-ring (bicyclic) bond motifs is 1. The second-order valence-electron chi connectivity index (χ2n) is 11.6. The molecule has 2 aliphatic rings. The van der Waals surface area contributed by atoms with Gasteiger partial charge >= 0.3 is 0 Å². The summed E-state index contributed by atoms with van der Waals surface area (Å²) in [4.78, 5) is 24.8. The maximum atomic E-state index is 15.0. The standard InChI is InChI=1S/C32H31F2N11O/c1-42-6-8-43(9-7-42)18-23-3-2-21(13-28(23)34)25-15-37-32(38-16-25)44-10-11-46-26(19-44)20-45-31-30(40-41-45)36-17-29(39-31)22-4-5-27(33)24(12-22)14-35/h2-5,12-13,15-17,26H,6-11,18-20H2,1H3/t26-/m1/s1. The van der Waals surface area contributed by atoms with Gasteiger partial charge in [-0.1, -0.05) is 17.3 Å². The summed E-state index contributed by atoms with van der Waals surface area (Å²) in [5, 5.41) is 17.6. The highest BCUT2D eigenvalue weighted by Crippen LogP contribution is 2.25. The number of hydrogen-bond acceptors (Lipinski definition) is 11. The molecule has 2 aliphatic heterocycles. The van der Waals surface area contributed by atoms with Gasteiger partial charge in [-0.2, -0.15) is 5.26 Å². The smallest absolute Gasteiger partial charge is 0.225 e. The molecular formula is C32H31F2N11O. The highest BCUT2D eigenvalue weighted by molar-refractivity contribution is 5.70. The highest BCUT2D eigenvalue weighted by Gasteiger charge is 2.25. The fourth-order valence-electron chi connectivity index (χ4n) is 5.73. The van der Waals surface area contributed by atoms with Gasteiger partial charge in [0.25, 0.3) is 0 Å². The Morgan fingerprint density at radius 2 is 1.72 bits per heavy atom. The molecule has 2 aromatic carbocycles. The molecule has 0 amide bonds. The van der Waals surface area contributed by atoms with Gasteiger partial charge < -0.3 is 14.5 Å². The molecule has 0 bridgehead atoms. The first-order valence-electron chi connectivity index (χ1n) is 15.1. The van der Waals surface area contributed by atoms with Crippen LogP contribution in [0.1, 0.15) is 11.1 Å². The Balaban J connectivity index is 1.02. The Kier molecular flexibility index (Phi) is 8.27. The van der Waals surface area contributed by atoms with Gasteiger partial charge in [0.05, 0.1) is 36.7 Å². The number of ether oxygens (including phenoxy) is 1. The lowest BCUT2D eigenvalue weighted by atomic mass is 10.1. The van der Waals surface area contributed by atoms with Crippen LogP contribution in [0.15, 0.2) is 55.0 Å². The fourth-order valence-corrected chi connectivity index (χ4v) is 5.73. The average molecular weight is 624 g/mol. The van der Waals surface area contributed by atoms with E-state index in [-0.39, 0.29) is 17.5 Å². The molecule has 2 fully saturated rings. The Hall–Kier alpha value is -4.97. The van der Waals surface area contributed by atoms with Crippen molar-refractivity contribution in [2.24, 2.45) is 0 Å². The van der Waals surface area contributed by atoms with E-state index in [4.69, 9.17) is 4.74 Å². The van der Waals surface area contributed by atoms with Crippen LogP contribution in [0.4, 0.5) is 14.7 Å². The van der Waals surface area contributed by atoms with Crippen LogP contribution in [0, 0.1) is 23.0 Å². The third-order valence-corrected chi connectivity index (χ3v) is 8.42. The molecule has 0 radical (unpaired) electrons. The summed E-state index contributed by atoms with van der Waals surface area (Å²) in [7, 11) is 2.11. The molecular weight excluding hydrogens is 592 g/mol. The van der Waals surface area contributed by atoms with Gasteiger partial charge in [-0.15, -0.1) is 5.10 Å². The zero-order valence-electron chi connectivity index (χ0n) is 25.2. The van der Waals surface area contributed by atoms with E-state index in [0.717, 1.165) is 37.3 Å². The first-order chi connectivity index (χ1) is 22.4. The van der Waals surface area contributed by atoms with Crippen molar-refractivity contribution in [3.63, 3.8) is 0 Å². The maximum Gasteiger partial charge on any atom is 0.225 e. The first kappa shape index (κ1) is 29.7. The Morgan fingerprint density at radius 1 is 0.913 bits per heavy atom. The van der Waals surface area contributed by atoms with Gasteiger partial charge in [-0.3, -0.25) is 4.90 Å². The molecule has 2 saturated heterocycles. The molecule has 0 unspecified atom stereocenters. The molecule has 0 spiro atoms. The largest absolute Gasteiger partial charge is 0.373 e. The van der Waals surface area contributed by atoms with Gasteiger partial charge in [0.1, 0.15) is 17.7 Å². The van der Waals surface area contributed by atoms with Crippen molar-refractivity contribution in [3.8, 4) is 28.5 Å². The van der Waals surface area contributed by atoms with E-state index in [1.807, 2.05) is 23.1 Å². The van der Waals surface area contributed by atoms with Crippen molar-refractivity contribution < 1.29 is 13.5 Å². The first-order valence-corrected chi connectivity index (χ1v) is 15.1. The zero-order chi connectivity index (χ0) is 31.6. The summed E-state index contributed by atoms with van der Waals surface area (Å²) in [6.45, 7) is 6.39. The van der Waals surface area contributed by atoms with Crippen molar-refractivity contribution in [2.75, 3.05) is 57.8 Å². The van der Waals surface area contributed by atoms with E-state index in [1.165, 1.54) is 18.3 Å². The summed E-state index contributed by atoms with van der Waals surface area (Å²) in [6, 6.07) is 11.4. The summed E-state index contributed by atoms with van der Waals surface area (Å²) in [5.74, 6) is -0.262. The molecule has 234 valence electrons. The van der Waals surface area contributed by atoms with Gasteiger partial charge in [0.15, 0.2) is 5.65 Å². The number of morpholine rings is 1. The quantitative estimate of drug-likeness (QED) is 0.266. The van der Waals surface area contributed by atoms with Gasteiger partial charge in [0, 0.05) is 74.9 Å². The summed E-state index contributed by atoms with van der Waals surface area (Å²) in [6.07, 6.45) is 4.70. The number of hydrogen-bond donors (Lipinski definition) is 0. The molecule has 1 atom stereocenters. The number of anilines is 1. The molecule has 5 heterocycles. The van der Waals surface area contributed by atoms with Crippen LogP contribution < -0.4 is 4.90 Å². The van der Waals surface area contributed by atoms with E-state index in [2.05, 4.69) is 47.1 Å². The van der Waals surface area contributed by atoms with Crippen LogP contribution in [0.3, 0.4) is 0 Å². The topological polar surface area (TPSA) is 125 Å². The number of nitrogens with zero attached hydrogens (tertiary/aromatic N) is 11. The average Bonchev–Trinajstić information content (AvgIpc) is 3.48. The maximum absolute atomic E-state index is 15.0. The van der Waals surface area contributed by atoms with Crippen LogP contribution in [0.25, 0.3) is 33.7 Å². The van der Waals surface area contributed by atoms with E-state index < -0.39 is 5.82 Å². The monoisotopic (exact) mass is 623 g/mol. The third-order valence-electron chi connectivity index (χ3n) is 8.42. The van der Waals surface area contributed by atoms with Crippen LogP contribution in [-0.2, 0) is 17.8 Å². The summed E-state index contributed by atoms with van der Waals surface area (Å²) in [5.41, 5.74) is 3.93.